The number of benzene rings is 1. The zero-order valence-electron chi connectivity index (χ0n) is 15.3. The van der Waals surface area contributed by atoms with E-state index < -0.39 is 0 Å². The topological polar surface area (TPSA) is 57.7 Å². The first-order chi connectivity index (χ1) is 13.3. The molecule has 1 N–H and O–H groups in total. The molecule has 0 aliphatic carbocycles. The number of aromatic nitrogens is 4. The summed E-state index contributed by atoms with van der Waals surface area (Å²) in [7, 11) is 0. The Balaban J connectivity index is 1.38. The molecule has 3 heterocycles. The third-order valence-corrected chi connectivity index (χ3v) is 5.21. The number of likely N-dealkylation sites (tertiary alicyclic amines) is 1. The van der Waals surface area contributed by atoms with Crippen molar-refractivity contribution in [2.24, 2.45) is 5.92 Å². The largest absolute Gasteiger partial charge is 0.342 e. The van der Waals surface area contributed by atoms with E-state index >= 15 is 0 Å². The minimum absolute atomic E-state index is 0.253. The van der Waals surface area contributed by atoms with Crippen molar-refractivity contribution in [3.63, 3.8) is 0 Å². The minimum atomic E-state index is -0.253. The SMILES string of the molecule is FCCN1CCC(Cc2ncc(-c3cnc(-c4ccccc4)nc3)[nH]2)CC1. The van der Waals surface area contributed by atoms with E-state index in [1.807, 2.05) is 48.9 Å². The molecule has 1 aliphatic rings. The van der Waals surface area contributed by atoms with E-state index in [-0.39, 0.29) is 6.67 Å². The van der Waals surface area contributed by atoms with Gasteiger partial charge in [0.25, 0.3) is 0 Å². The van der Waals surface area contributed by atoms with Crippen LogP contribution in [0.3, 0.4) is 0 Å². The van der Waals surface area contributed by atoms with Crippen molar-refractivity contribution in [2.45, 2.75) is 19.3 Å². The number of hydrogen-bond donors (Lipinski definition) is 1. The molecule has 4 rings (SSSR count). The number of alkyl halides is 1. The number of halogens is 1. The molecule has 1 aromatic carbocycles. The molecule has 3 aromatic rings. The lowest BCUT2D eigenvalue weighted by atomic mass is 9.93. The first-order valence-electron chi connectivity index (χ1n) is 9.52. The highest BCUT2D eigenvalue weighted by molar-refractivity contribution is 5.60. The fraction of sp³-hybridized carbons (Fsp3) is 0.381. The summed E-state index contributed by atoms with van der Waals surface area (Å²) < 4.78 is 12.4. The minimum Gasteiger partial charge on any atom is -0.342 e. The van der Waals surface area contributed by atoms with Gasteiger partial charge >= 0.3 is 0 Å². The Labute approximate surface area is 158 Å². The van der Waals surface area contributed by atoms with Crippen LogP contribution >= 0.6 is 0 Å². The summed E-state index contributed by atoms with van der Waals surface area (Å²) in [5.41, 5.74) is 2.89. The lowest BCUT2D eigenvalue weighted by Crippen LogP contribution is -2.35. The molecule has 0 amide bonds. The Morgan fingerprint density at radius 3 is 2.41 bits per heavy atom. The molecule has 1 aliphatic heterocycles. The molecule has 0 unspecified atom stereocenters. The van der Waals surface area contributed by atoms with Gasteiger partial charge in [-0.05, 0) is 31.8 Å². The van der Waals surface area contributed by atoms with E-state index in [1.54, 1.807) is 0 Å². The smallest absolute Gasteiger partial charge is 0.159 e. The van der Waals surface area contributed by atoms with Crippen molar-refractivity contribution in [1.29, 1.82) is 0 Å². The molecule has 0 spiro atoms. The summed E-state index contributed by atoms with van der Waals surface area (Å²) in [4.78, 5) is 19.1. The first-order valence-corrected chi connectivity index (χ1v) is 9.52. The molecule has 2 aromatic heterocycles. The lowest BCUT2D eigenvalue weighted by molar-refractivity contribution is 0.171. The summed E-state index contributed by atoms with van der Waals surface area (Å²) in [5, 5.41) is 0. The van der Waals surface area contributed by atoms with Crippen LogP contribution in [0.25, 0.3) is 22.6 Å². The van der Waals surface area contributed by atoms with Gasteiger partial charge in [-0.25, -0.2) is 19.3 Å². The van der Waals surface area contributed by atoms with E-state index in [2.05, 4.69) is 24.8 Å². The van der Waals surface area contributed by atoms with Gasteiger partial charge in [0.1, 0.15) is 12.5 Å². The van der Waals surface area contributed by atoms with Gasteiger partial charge in [-0.3, -0.25) is 0 Å². The normalized spacial score (nSPS) is 15.9. The highest BCUT2D eigenvalue weighted by atomic mass is 19.1. The number of rotatable bonds is 6. The van der Waals surface area contributed by atoms with Gasteiger partial charge in [0.05, 0.1) is 11.9 Å². The number of aromatic amines is 1. The molecule has 6 heteroatoms. The second kappa shape index (κ2) is 8.39. The van der Waals surface area contributed by atoms with Gasteiger partial charge < -0.3 is 9.88 Å². The van der Waals surface area contributed by atoms with Gasteiger partial charge in [0, 0.05) is 36.5 Å². The fourth-order valence-electron chi connectivity index (χ4n) is 3.62. The van der Waals surface area contributed by atoms with Crippen LogP contribution in [0.4, 0.5) is 4.39 Å². The average Bonchev–Trinajstić information content (AvgIpc) is 3.19. The molecule has 27 heavy (non-hydrogen) atoms. The summed E-state index contributed by atoms with van der Waals surface area (Å²) in [6.07, 6.45) is 8.67. The second-order valence-electron chi connectivity index (χ2n) is 7.08. The quantitative estimate of drug-likeness (QED) is 0.723. The average molecular weight is 365 g/mol. The van der Waals surface area contributed by atoms with E-state index in [0.29, 0.717) is 12.5 Å². The number of imidazole rings is 1. The Morgan fingerprint density at radius 1 is 0.963 bits per heavy atom. The van der Waals surface area contributed by atoms with Crippen molar-refractivity contribution in [3.05, 3.63) is 54.7 Å². The Morgan fingerprint density at radius 2 is 1.70 bits per heavy atom. The zero-order valence-corrected chi connectivity index (χ0v) is 15.3. The number of piperidine rings is 1. The van der Waals surface area contributed by atoms with Crippen molar-refractivity contribution in [3.8, 4) is 22.6 Å². The molecule has 0 bridgehead atoms. The molecule has 1 saturated heterocycles. The van der Waals surface area contributed by atoms with Gasteiger partial charge in [0.2, 0.25) is 0 Å². The van der Waals surface area contributed by atoms with Crippen LogP contribution in [0.1, 0.15) is 18.7 Å². The Bertz CT molecular complexity index is 839. The van der Waals surface area contributed by atoms with Crippen molar-refractivity contribution >= 4 is 0 Å². The fourth-order valence-corrected chi connectivity index (χ4v) is 3.62. The lowest BCUT2D eigenvalue weighted by Gasteiger charge is -2.30. The number of nitrogens with one attached hydrogen (secondary N) is 1. The standard InChI is InChI=1S/C21H24FN5/c22-8-11-27-9-6-16(7-10-27)12-20-23-15-19(26-20)18-13-24-21(25-14-18)17-4-2-1-3-5-17/h1-5,13-16H,6-12H2,(H,23,26). The number of nitrogens with zero attached hydrogens (tertiary/aromatic N) is 4. The van der Waals surface area contributed by atoms with Crippen LogP contribution in [0.15, 0.2) is 48.9 Å². The van der Waals surface area contributed by atoms with Crippen LogP contribution in [-0.4, -0.2) is 51.1 Å². The Hall–Kier alpha value is -2.60. The van der Waals surface area contributed by atoms with Crippen LogP contribution in [0.5, 0.6) is 0 Å². The predicted octanol–water partition coefficient (Wildman–Crippen LogP) is 3.76. The molecular formula is C21H24FN5. The predicted molar refractivity (Wildman–Crippen MR) is 104 cm³/mol. The molecule has 0 radical (unpaired) electrons. The third kappa shape index (κ3) is 4.39. The summed E-state index contributed by atoms with van der Waals surface area (Å²) in [6.45, 7) is 2.28. The van der Waals surface area contributed by atoms with Crippen molar-refractivity contribution in [1.82, 2.24) is 24.8 Å². The maximum Gasteiger partial charge on any atom is 0.159 e. The monoisotopic (exact) mass is 365 g/mol. The second-order valence-corrected chi connectivity index (χ2v) is 7.08. The molecule has 1 fully saturated rings. The van der Waals surface area contributed by atoms with E-state index in [1.165, 1.54) is 0 Å². The molecule has 0 atom stereocenters. The zero-order chi connectivity index (χ0) is 18.5. The van der Waals surface area contributed by atoms with Crippen LogP contribution in [0, 0.1) is 5.92 Å². The van der Waals surface area contributed by atoms with E-state index in [9.17, 15) is 4.39 Å². The van der Waals surface area contributed by atoms with Gasteiger partial charge in [-0.15, -0.1) is 0 Å². The summed E-state index contributed by atoms with van der Waals surface area (Å²) >= 11 is 0. The highest BCUT2D eigenvalue weighted by Crippen LogP contribution is 2.23. The van der Waals surface area contributed by atoms with E-state index in [4.69, 9.17) is 0 Å². The summed E-state index contributed by atoms with van der Waals surface area (Å²) in [6, 6.07) is 9.95. The highest BCUT2D eigenvalue weighted by Gasteiger charge is 2.20. The van der Waals surface area contributed by atoms with Crippen molar-refractivity contribution < 1.29 is 4.39 Å². The van der Waals surface area contributed by atoms with Crippen LogP contribution in [-0.2, 0) is 6.42 Å². The number of H-pyrrole nitrogens is 1. The molecular weight excluding hydrogens is 341 g/mol. The molecule has 0 saturated carbocycles. The maximum absolute atomic E-state index is 12.4. The summed E-state index contributed by atoms with van der Waals surface area (Å²) in [5.74, 6) is 2.33. The first kappa shape index (κ1) is 17.8. The maximum atomic E-state index is 12.4. The van der Waals surface area contributed by atoms with Gasteiger partial charge in [-0.2, -0.15) is 0 Å². The van der Waals surface area contributed by atoms with Gasteiger partial charge in [-0.1, -0.05) is 30.3 Å². The van der Waals surface area contributed by atoms with Gasteiger partial charge in [0.15, 0.2) is 5.82 Å². The third-order valence-electron chi connectivity index (χ3n) is 5.21. The van der Waals surface area contributed by atoms with E-state index in [0.717, 1.165) is 60.8 Å². The van der Waals surface area contributed by atoms with Crippen LogP contribution in [0.2, 0.25) is 0 Å². The molecule has 5 nitrogen and oxygen atoms in total. The molecule has 140 valence electrons. The number of hydrogen-bond acceptors (Lipinski definition) is 4. The van der Waals surface area contributed by atoms with Crippen LogP contribution < -0.4 is 0 Å². The van der Waals surface area contributed by atoms with Crippen molar-refractivity contribution in [2.75, 3.05) is 26.3 Å². The Kier molecular flexibility index (Phi) is 5.53.